The summed E-state index contributed by atoms with van der Waals surface area (Å²) in [5.74, 6) is 0. The third-order valence-electron chi connectivity index (χ3n) is 1.92. The van der Waals surface area contributed by atoms with Crippen molar-refractivity contribution < 1.29 is 0 Å². The smallest absolute Gasteiger partial charge is 0.0487 e. The summed E-state index contributed by atoms with van der Waals surface area (Å²) in [5, 5.41) is 3.13. The molecule has 2 heteroatoms. The summed E-state index contributed by atoms with van der Waals surface area (Å²) in [6.45, 7) is 8.37. The fourth-order valence-electron chi connectivity index (χ4n) is 0.975. The van der Waals surface area contributed by atoms with E-state index in [0.717, 1.165) is 0 Å². The van der Waals surface area contributed by atoms with Gasteiger partial charge >= 0.3 is 0 Å². The third-order valence-corrected chi connectivity index (χ3v) is 4.47. The van der Waals surface area contributed by atoms with Crippen molar-refractivity contribution in [2.75, 3.05) is 0 Å². The van der Waals surface area contributed by atoms with Gasteiger partial charge in [0.15, 0.2) is 0 Å². The quantitative estimate of drug-likeness (QED) is 0.444. The normalized spacial score (nSPS) is 13.1. The molecule has 11 heavy (non-hydrogen) atoms. The Balaban J connectivity index is 3.21. The first-order valence-electron chi connectivity index (χ1n) is 4.43. The molecule has 0 aliphatic carbocycles. The van der Waals surface area contributed by atoms with Crippen LogP contribution in [0.4, 0.5) is 0 Å². The summed E-state index contributed by atoms with van der Waals surface area (Å²) in [4.78, 5) is 0. The first kappa shape index (κ1) is 10.9. The molecule has 0 heterocycles. The van der Waals surface area contributed by atoms with Crippen molar-refractivity contribution in [1.29, 1.82) is 0 Å². The third kappa shape index (κ3) is 7.81. The SMILES string of the molecule is C=C([SiH3])CCC[SiH2]C(C)=CC. The van der Waals surface area contributed by atoms with E-state index >= 15 is 0 Å². The van der Waals surface area contributed by atoms with Gasteiger partial charge in [-0.15, -0.1) is 6.58 Å². The van der Waals surface area contributed by atoms with Crippen molar-refractivity contribution >= 4 is 19.8 Å². The Kier molecular flexibility index (Phi) is 6.56. The Morgan fingerprint density at radius 2 is 2.27 bits per heavy atom. The molecule has 0 fully saturated rings. The molecule has 0 nitrogen and oxygen atoms in total. The number of hydrogen-bond acceptors (Lipinski definition) is 0. The van der Waals surface area contributed by atoms with Gasteiger partial charge in [-0.3, -0.25) is 0 Å². The average Bonchev–Trinajstić information content (AvgIpc) is 1.97. The molecule has 0 aromatic rings. The monoisotopic (exact) mass is 184 g/mol. The van der Waals surface area contributed by atoms with Crippen LogP contribution in [0, 0.1) is 0 Å². The molecule has 0 aliphatic rings. The Morgan fingerprint density at radius 3 is 2.73 bits per heavy atom. The van der Waals surface area contributed by atoms with Gasteiger partial charge in [0, 0.05) is 19.8 Å². The van der Waals surface area contributed by atoms with Gasteiger partial charge in [0.1, 0.15) is 0 Å². The van der Waals surface area contributed by atoms with Crippen molar-refractivity contribution in [2.24, 2.45) is 0 Å². The molecule has 0 aromatic carbocycles. The highest BCUT2D eigenvalue weighted by molar-refractivity contribution is 6.44. The Morgan fingerprint density at radius 1 is 1.64 bits per heavy atom. The number of allylic oxidation sites excluding steroid dienone is 3. The maximum absolute atomic E-state index is 3.95. The van der Waals surface area contributed by atoms with E-state index < -0.39 is 0 Å². The van der Waals surface area contributed by atoms with Crippen LogP contribution in [0.1, 0.15) is 26.7 Å². The highest BCUT2D eigenvalue weighted by Crippen LogP contribution is 2.03. The van der Waals surface area contributed by atoms with Gasteiger partial charge in [-0.2, -0.15) is 0 Å². The molecule has 0 rings (SSSR count). The first-order valence-corrected chi connectivity index (χ1v) is 7.13. The summed E-state index contributed by atoms with van der Waals surface area (Å²) in [7, 11) is 1.32. The molecular weight excluding hydrogens is 164 g/mol. The van der Waals surface area contributed by atoms with E-state index in [4.69, 9.17) is 0 Å². The molecule has 0 unspecified atom stereocenters. The molecule has 0 saturated heterocycles. The van der Waals surface area contributed by atoms with Gasteiger partial charge in [0.05, 0.1) is 0 Å². The van der Waals surface area contributed by atoms with Crippen LogP contribution in [0.5, 0.6) is 0 Å². The van der Waals surface area contributed by atoms with Crippen LogP contribution in [0.25, 0.3) is 0 Å². The zero-order valence-electron chi connectivity index (χ0n) is 8.11. The maximum Gasteiger partial charge on any atom is 0.0487 e. The van der Waals surface area contributed by atoms with Crippen LogP contribution in [0.2, 0.25) is 6.04 Å². The van der Waals surface area contributed by atoms with E-state index in [0.29, 0.717) is 0 Å². The second-order valence-corrected chi connectivity index (χ2v) is 7.04. The fraction of sp³-hybridized carbons (Fsp3) is 0.556. The van der Waals surface area contributed by atoms with Gasteiger partial charge in [0.25, 0.3) is 0 Å². The standard InChI is InChI=1S/C9H20Si2/c1-4-9(3)11-7-5-6-8(2)10/h4H,2,5-7,11H2,1,3,10H3. The van der Waals surface area contributed by atoms with Crippen LogP contribution in [-0.4, -0.2) is 19.8 Å². The van der Waals surface area contributed by atoms with Gasteiger partial charge < -0.3 is 0 Å². The van der Waals surface area contributed by atoms with Crippen molar-refractivity contribution in [1.82, 2.24) is 0 Å². The highest BCUT2D eigenvalue weighted by Gasteiger charge is 1.91. The largest absolute Gasteiger partial charge is 0.105 e. The predicted octanol–water partition coefficient (Wildman–Crippen LogP) is 1.16. The fourth-order valence-corrected chi connectivity index (χ4v) is 2.67. The van der Waals surface area contributed by atoms with E-state index in [-0.39, 0.29) is 9.52 Å². The van der Waals surface area contributed by atoms with Gasteiger partial charge in [-0.1, -0.05) is 28.9 Å². The van der Waals surface area contributed by atoms with Crippen molar-refractivity contribution in [3.8, 4) is 0 Å². The van der Waals surface area contributed by atoms with Gasteiger partial charge in [-0.25, -0.2) is 0 Å². The average molecular weight is 184 g/mol. The van der Waals surface area contributed by atoms with Crippen LogP contribution in [0.3, 0.4) is 0 Å². The minimum absolute atomic E-state index is 0.128. The predicted molar refractivity (Wildman–Crippen MR) is 61.1 cm³/mol. The highest BCUT2D eigenvalue weighted by atomic mass is 28.2. The van der Waals surface area contributed by atoms with Gasteiger partial charge in [-0.05, 0) is 20.3 Å². The van der Waals surface area contributed by atoms with Crippen molar-refractivity contribution in [3.05, 3.63) is 23.0 Å². The summed E-state index contributed by atoms with van der Waals surface area (Å²) < 4.78 is 0. The van der Waals surface area contributed by atoms with E-state index in [9.17, 15) is 0 Å². The van der Waals surface area contributed by atoms with E-state index in [1.54, 1.807) is 5.20 Å². The molecule has 0 amide bonds. The molecule has 0 N–H and O–H groups in total. The van der Waals surface area contributed by atoms with Crippen LogP contribution < -0.4 is 0 Å². The summed E-state index contributed by atoms with van der Waals surface area (Å²) >= 11 is 0. The van der Waals surface area contributed by atoms with E-state index in [1.807, 2.05) is 0 Å². The minimum atomic E-state index is 0.128. The Labute approximate surface area is 76.0 Å². The zero-order chi connectivity index (χ0) is 8.69. The summed E-state index contributed by atoms with van der Waals surface area (Å²) in [6, 6.07) is 1.47. The van der Waals surface area contributed by atoms with Gasteiger partial charge in [0.2, 0.25) is 0 Å². The molecular formula is C9H20Si2. The second-order valence-electron chi connectivity index (χ2n) is 3.30. The Bertz CT molecular complexity index is 148. The topological polar surface area (TPSA) is 0 Å². The molecule has 0 aliphatic heterocycles. The van der Waals surface area contributed by atoms with E-state index in [2.05, 4.69) is 26.5 Å². The lowest BCUT2D eigenvalue weighted by molar-refractivity contribution is 0.939. The summed E-state index contributed by atoms with van der Waals surface area (Å²) in [5.41, 5.74) is 0. The maximum atomic E-state index is 3.95. The van der Waals surface area contributed by atoms with Crippen LogP contribution in [0.15, 0.2) is 23.0 Å². The lowest BCUT2D eigenvalue weighted by atomic mass is 10.3. The lowest BCUT2D eigenvalue weighted by Crippen LogP contribution is -1.92. The molecule has 0 aromatic heterocycles. The summed E-state index contributed by atoms with van der Waals surface area (Å²) in [6.07, 6.45) is 4.94. The molecule has 0 radical (unpaired) electrons. The molecule has 0 saturated carbocycles. The van der Waals surface area contributed by atoms with Crippen LogP contribution >= 0.6 is 0 Å². The molecule has 0 bridgehead atoms. The van der Waals surface area contributed by atoms with Crippen molar-refractivity contribution in [2.45, 2.75) is 32.7 Å². The molecule has 0 atom stereocenters. The van der Waals surface area contributed by atoms with Crippen LogP contribution in [-0.2, 0) is 0 Å². The van der Waals surface area contributed by atoms with E-state index in [1.165, 1.54) is 34.3 Å². The molecule has 64 valence electrons. The van der Waals surface area contributed by atoms with Crippen molar-refractivity contribution in [3.63, 3.8) is 0 Å². The Hall–Kier alpha value is -0.0862. The minimum Gasteiger partial charge on any atom is -0.105 e. The second kappa shape index (κ2) is 6.61. The zero-order valence-corrected chi connectivity index (χ0v) is 11.5. The first-order chi connectivity index (χ1) is 5.16. The number of hydrogen-bond donors (Lipinski definition) is 0. The number of rotatable bonds is 5. The lowest BCUT2D eigenvalue weighted by Gasteiger charge is -1.99. The molecule has 0 spiro atoms.